The molecule has 0 aliphatic rings. The van der Waals surface area contributed by atoms with E-state index in [1.807, 2.05) is 23.7 Å². The molecular formula is C15H15Cl2N3S. The van der Waals surface area contributed by atoms with Gasteiger partial charge in [-0.15, -0.1) is 0 Å². The predicted molar refractivity (Wildman–Crippen MR) is 87.2 cm³/mol. The van der Waals surface area contributed by atoms with Crippen molar-refractivity contribution in [3.8, 4) is 6.07 Å². The maximum atomic E-state index is 8.90. The molecule has 0 saturated heterocycles. The Hall–Kier alpha value is -1.15. The number of imidazole rings is 1. The molecule has 0 fully saturated rings. The molecule has 0 spiro atoms. The van der Waals surface area contributed by atoms with Crippen molar-refractivity contribution in [3.05, 3.63) is 39.8 Å². The van der Waals surface area contributed by atoms with Gasteiger partial charge in [0.05, 0.1) is 18.2 Å². The van der Waals surface area contributed by atoms with Crippen molar-refractivity contribution >= 4 is 35.0 Å². The Balaban J connectivity index is 2.45. The zero-order valence-corrected chi connectivity index (χ0v) is 14.4. The lowest BCUT2D eigenvalue weighted by Crippen LogP contribution is -1.98. The maximum absolute atomic E-state index is 8.90. The number of hydrogen-bond donors (Lipinski definition) is 0. The fourth-order valence-electron chi connectivity index (χ4n) is 1.98. The lowest BCUT2D eigenvalue weighted by molar-refractivity contribution is 0.747. The second-order valence-corrected chi connectivity index (χ2v) is 6.91. The molecule has 2 aromatic rings. The summed E-state index contributed by atoms with van der Waals surface area (Å²) in [5, 5.41) is 11.1. The molecule has 0 saturated carbocycles. The van der Waals surface area contributed by atoms with Gasteiger partial charge in [0.25, 0.3) is 0 Å². The van der Waals surface area contributed by atoms with E-state index < -0.39 is 0 Å². The summed E-state index contributed by atoms with van der Waals surface area (Å²) in [4.78, 5) is 5.55. The zero-order chi connectivity index (χ0) is 15.6. The molecule has 110 valence electrons. The largest absolute Gasteiger partial charge is 0.325 e. The van der Waals surface area contributed by atoms with Gasteiger partial charge in [0.1, 0.15) is 10.9 Å². The standard InChI is InChI=1S/C15H15Cl2N3S/c1-9(2)14-15(20(3)13(19-14)4-5-18)21-12-7-10(16)6-11(17)8-12/h6-9H,4H2,1-3H3. The van der Waals surface area contributed by atoms with Gasteiger partial charge in [0.2, 0.25) is 0 Å². The number of aromatic nitrogens is 2. The summed E-state index contributed by atoms with van der Waals surface area (Å²) in [5.41, 5.74) is 0.990. The highest BCUT2D eigenvalue weighted by molar-refractivity contribution is 7.99. The van der Waals surface area contributed by atoms with E-state index in [0.29, 0.717) is 16.5 Å². The Labute approximate surface area is 138 Å². The van der Waals surface area contributed by atoms with Gasteiger partial charge in [0, 0.05) is 22.0 Å². The molecule has 1 heterocycles. The van der Waals surface area contributed by atoms with Crippen molar-refractivity contribution in [2.24, 2.45) is 7.05 Å². The fourth-order valence-corrected chi connectivity index (χ4v) is 3.85. The van der Waals surface area contributed by atoms with Crippen LogP contribution in [0.5, 0.6) is 0 Å². The number of halogens is 2. The highest BCUT2D eigenvalue weighted by atomic mass is 35.5. The molecule has 0 N–H and O–H groups in total. The second kappa shape index (κ2) is 6.74. The van der Waals surface area contributed by atoms with Gasteiger partial charge in [-0.2, -0.15) is 5.26 Å². The summed E-state index contributed by atoms with van der Waals surface area (Å²) < 4.78 is 1.97. The van der Waals surface area contributed by atoms with E-state index in [4.69, 9.17) is 28.5 Å². The van der Waals surface area contributed by atoms with Crippen molar-refractivity contribution in [3.63, 3.8) is 0 Å². The van der Waals surface area contributed by atoms with Gasteiger partial charge in [-0.3, -0.25) is 0 Å². The maximum Gasteiger partial charge on any atom is 0.123 e. The molecule has 21 heavy (non-hydrogen) atoms. The molecule has 3 nitrogen and oxygen atoms in total. The van der Waals surface area contributed by atoms with E-state index in [1.165, 1.54) is 0 Å². The van der Waals surface area contributed by atoms with Crippen LogP contribution in [0.3, 0.4) is 0 Å². The van der Waals surface area contributed by atoms with E-state index in [9.17, 15) is 0 Å². The summed E-state index contributed by atoms with van der Waals surface area (Å²) in [6.45, 7) is 4.18. The van der Waals surface area contributed by atoms with E-state index in [-0.39, 0.29) is 5.92 Å². The number of nitrogens with zero attached hydrogens (tertiary/aromatic N) is 3. The first-order chi connectivity index (χ1) is 9.92. The van der Waals surface area contributed by atoms with Crippen LogP contribution >= 0.6 is 35.0 Å². The molecular weight excluding hydrogens is 325 g/mol. The first-order valence-electron chi connectivity index (χ1n) is 6.48. The van der Waals surface area contributed by atoms with Gasteiger partial charge in [0.15, 0.2) is 0 Å². The normalized spacial score (nSPS) is 10.9. The Bertz CT molecular complexity index is 681. The molecule has 0 bridgehead atoms. The summed E-state index contributed by atoms with van der Waals surface area (Å²) in [6.07, 6.45) is 0.299. The minimum atomic E-state index is 0.279. The molecule has 0 unspecified atom stereocenters. The van der Waals surface area contributed by atoms with Crippen LogP contribution in [0.15, 0.2) is 28.1 Å². The molecule has 1 aromatic heterocycles. The number of nitriles is 1. The number of rotatable bonds is 4. The topological polar surface area (TPSA) is 41.6 Å². The van der Waals surface area contributed by atoms with Crippen LogP contribution in [-0.2, 0) is 13.5 Å². The summed E-state index contributed by atoms with van der Waals surface area (Å²) >= 11 is 13.7. The number of hydrogen-bond acceptors (Lipinski definition) is 3. The van der Waals surface area contributed by atoms with Crippen LogP contribution in [-0.4, -0.2) is 9.55 Å². The smallest absolute Gasteiger partial charge is 0.123 e. The Kier molecular flexibility index (Phi) is 5.21. The van der Waals surface area contributed by atoms with Crippen molar-refractivity contribution in [1.82, 2.24) is 9.55 Å². The lowest BCUT2D eigenvalue weighted by atomic mass is 10.1. The van der Waals surface area contributed by atoms with Crippen LogP contribution < -0.4 is 0 Å². The average molecular weight is 340 g/mol. The zero-order valence-electron chi connectivity index (χ0n) is 12.0. The Morgan fingerprint density at radius 2 is 1.90 bits per heavy atom. The van der Waals surface area contributed by atoms with E-state index in [2.05, 4.69) is 24.9 Å². The van der Waals surface area contributed by atoms with Gasteiger partial charge in [-0.05, 0) is 24.1 Å². The van der Waals surface area contributed by atoms with Crippen LogP contribution in [0.1, 0.15) is 31.3 Å². The predicted octanol–water partition coefficient (Wildman–Crippen LogP) is 5.07. The van der Waals surface area contributed by atoms with E-state index in [1.54, 1.807) is 17.8 Å². The monoisotopic (exact) mass is 339 g/mol. The van der Waals surface area contributed by atoms with Crippen molar-refractivity contribution < 1.29 is 0 Å². The highest BCUT2D eigenvalue weighted by Crippen LogP contribution is 2.36. The third-order valence-corrected chi connectivity index (χ3v) is 4.58. The minimum absolute atomic E-state index is 0.279. The molecule has 0 radical (unpaired) electrons. The molecule has 2 rings (SSSR count). The summed E-state index contributed by atoms with van der Waals surface area (Å²) in [5.74, 6) is 1.05. The van der Waals surface area contributed by atoms with Gasteiger partial charge < -0.3 is 4.57 Å². The van der Waals surface area contributed by atoms with Gasteiger partial charge >= 0.3 is 0 Å². The molecule has 6 heteroatoms. The van der Waals surface area contributed by atoms with Crippen molar-refractivity contribution in [2.75, 3.05) is 0 Å². The SMILES string of the molecule is CC(C)c1nc(CC#N)n(C)c1Sc1cc(Cl)cc(Cl)c1. The summed E-state index contributed by atoms with van der Waals surface area (Å²) in [6, 6.07) is 7.61. The number of benzene rings is 1. The minimum Gasteiger partial charge on any atom is -0.325 e. The third-order valence-electron chi connectivity index (χ3n) is 3.00. The third kappa shape index (κ3) is 3.74. The molecule has 0 amide bonds. The quantitative estimate of drug-likeness (QED) is 0.780. The first kappa shape index (κ1) is 16.2. The lowest BCUT2D eigenvalue weighted by Gasteiger charge is -2.09. The summed E-state index contributed by atoms with van der Waals surface area (Å²) in [7, 11) is 1.93. The van der Waals surface area contributed by atoms with Crippen LogP contribution in [0.25, 0.3) is 0 Å². The van der Waals surface area contributed by atoms with E-state index >= 15 is 0 Å². The van der Waals surface area contributed by atoms with Crippen molar-refractivity contribution in [1.29, 1.82) is 5.26 Å². The van der Waals surface area contributed by atoms with Crippen LogP contribution in [0, 0.1) is 11.3 Å². The highest BCUT2D eigenvalue weighted by Gasteiger charge is 2.18. The second-order valence-electron chi connectivity index (χ2n) is 4.97. The molecule has 0 aliphatic carbocycles. The van der Waals surface area contributed by atoms with Gasteiger partial charge in [-0.25, -0.2) is 4.98 Å². The Morgan fingerprint density at radius 3 is 2.43 bits per heavy atom. The van der Waals surface area contributed by atoms with E-state index in [0.717, 1.165) is 21.4 Å². The molecule has 1 aromatic carbocycles. The van der Waals surface area contributed by atoms with Gasteiger partial charge in [-0.1, -0.05) is 48.8 Å². The fraction of sp³-hybridized carbons (Fsp3) is 0.333. The van der Waals surface area contributed by atoms with Crippen LogP contribution in [0.4, 0.5) is 0 Å². The molecule has 0 aliphatic heterocycles. The van der Waals surface area contributed by atoms with Crippen LogP contribution in [0.2, 0.25) is 10.0 Å². The molecule has 0 atom stereocenters. The van der Waals surface area contributed by atoms with Crippen molar-refractivity contribution in [2.45, 2.75) is 36.1 Å². The first-order valence-corrected chi connectivity index (χ1v) is 8.06. The Morgan fingerprint density at radius 1 is 1.29 bits per heavy atom. The average Bonchev–Trinajstić information content (AvgIpc) is 2.67.